The second kappa shape index (κ2) is 5.38. The van der Waals surface area contributed by atoms with E-state index < -0.39 is 0 Å². The Balaban J connectivity index is 1.88. The molecule has 5 nitrogen and oxygen atoms in total. The minimum absolute atomic E-state index is 0.530. The van der Waals surface area contributed by atoms with Crippen LogP contribution in [0, 0.1) is 0 Å². The predicted molar refractivity (Wildman–Crippen MR) is 72.0 cm³/mol. The molecule has 1 saturated carbocycles. The van der Waals surface area contributed by atoms with Gasteiger partial charge in [-0.25, -0.2) is 4.98 Å². The number of nitrogens with zero attached hydrogens (tertiary/aromatic N) is 3. The Hall–Kier alpha value is -1.91. The van der Waals surface area contributed by atoms with Gasteiger partial charge in [0.1, 0.15) is 11.6 Å². The second-order valence-electron chi connectivity index (χ2n) is 4.96. The van der Waals surface area contributed by atoms with Crippen molar-refractivity contribution < 1.29 is 4.74 Å². The topological polar surface area (TPSA) is 63.7 Å². The van der Waals surface area contributed by atoms with Crippen molar-refractivity contribution in [3.63, 3.8) is 0 Å². The van der Waals surface area contributed by atoms with E-state index in [1.165, 1.54) is 32.1 Å². The van der Waals surface area contributed by atoms with E-state index in [2.05, 4.69) is 20.2 Å². The van der Waals surface area contributed by atoms with E-state index in [0.29, 0.717) is 17.5 Å². The van der Waals surface area contributed by atoms with Gasteiger partial charge in [0.05, 0.1) is 18.9 Å². The Morgan fingerprint density at radius 2 is 2.11 bits per heavy atom. The number of pyridine rings is 1. The van der Waals surface area contributed by atoms with Crippen LogP contribution in [0.2, 0.25) is 0 Å². The molecule has 0 spiro atoms. The number of hydrogen-bond donors (Lipinski definition) is 1. The molecule has 2 aromatic rings. The molecule has 1 aliphatic rings. The van der Waals surface area contributed by atoms with E-state index >= 15 is 0 Å². The van der Waals surface area contributed by atoms with E-state index in [-0.39, 0.29) is 0 Å². The molecule has 0 aromatic carbocycles. The lowest BCUT2D eigenvalue weighted by molar-refractivity contribution is 0.414. The van der Waals surface area contributed by atoms with E-state index in [1.54, 1.807) is 19.5 Å². The van der Waals surface area contributed by atoms with Crippen LogP contribution in [0.25, 0.3) is 11.4 Å². The number of aromatic amines is 1. The number of hydrogen-bond acceptors (Lipinski definition) is 4. The zero-order valence-corrected chi connectivity index (χ0v) is 11.1. The van der Waals surface area contributed by atoms with Crippen LogP contribution >= 0.6 is 0 Å². The van der Waals surface area contributed by atoms with Gasteiger partial charge in [0.15, 0.2) is 5.82 Å². The molecule has 0 bridgehead atoms. The number of nitrogens with one attached hydrogen (secondary N) is 1. The Kier molecular flexibility index (Phi) is 3.44. The molecular formula is C14H18N4O. The minimum atomic E-state index is 0.530. The zero-order valence-electron chi connectivity index (χ0n) is 11.1. The van der Waals surface area contributed by atoms with Gasteiger partial charge in [0.2, 0.25) is 0 Å². The Morgan fingerprint density at radius 3 is 2.89 bits per heavy atom. The van der Waals surface area contributed by atoms with Crippen LogP contribution in [0.4, 0.5) is 0 Å². The van der Waals surface area contributed by atoms with Crippen molar-refractivity contribution in [1.29, 1.82) is 0 Å². The second-order valence-corrected chi connectivity index (χ2v) is 4.96. The van der Waals surface area contributed by atoms with Gasteiger partial charge >= 0.3 is 0 Å². The van der Waals surface area contributed by atoms with Gasteiger partial charge in [0, 0.05) is 12.1 Å². The minimum Gasteiger partial charge on any atom is -0.494 e. The van der Waals surface area contributed by atoms with E-state index in [0.717, 1.165) is 11.4 Å². The van der Waals surface area contributed by atoms with Crippen LogP contribution in [-0.2, 0) is 0 Å². The summed E-state index contributed by atoms with van der Waals surface area (Å²) in [5, 5.41) is 7.41. The molecule has 0 saturated heterocycles. The van der Waals surface area contributed by atoms with Crippen LogP contribution in [-0.4, -0.2) is 27.3 Å². The van der Waals surface area contributed by atoms with Crippen molar-refractivity contribution in [2.45, 2.75) is 38.0 Å². The first-order valence-electron chi connectivity index (χ1n) is 6.79. The molecule has 0 amide bonds. The van der Waals surface area contributed by atoms with Crippen molar-refractivity contribution in [3.8, 4) is 17.1 Å². The maximum Gasteiger partial charge on any atom is 0.185 e. The smallest absolute Gasteiger partial charge is 0.185 e. The molecular weight excluding hydrogens is 240 g/mol. The molecule has 0 radical (unpaired) electrons. The van der Waals surface area contributed by atoms with Crippen molar-refractivity contribution >= 4 is 0 Å². The van der Waals surface area contributed by atoms with Gasteiger partial charge in [0.25, 0.3) is 0 Å². The third kappa shape index (κ3) is 2.45. The maximum atomic E-state index is 5.30. The highest BCUT2D eigenvalue weighted by Crippen LogP contribution is 2.32. The highest BCUT2D eigenvalue weighted by Gasteiger charge is 2.20. The summed E-state index contributed by atoms with van der Waals surface area (Å²) < 4.78 is 5.30. The molecule has 0 atom stereocenters. The van der Waals surface area contributed by atoms with Crippen molar-refractivity contribution in [2.75, 3.05) is 7.11 Å². The molecule has 0 aliphatic heterocycles. The number of H-pyrrole nitrogens is 1. The van der Waals surface area contributed by atoms with Crippen LogP contribution in [0.15, 0.2) is 18.5 Å². The summed E-state index contributed by atoms with van der Waals surface area (Å²) in [6, 6.07) is 1.88. The largest absolute Gasteiger partial charge is 0.494 e. The van der Waals surface area contributed by atoms with Gasteiger partial charge in [-0.15, -0.1) is 0 Å². The van der Waals surface area contributed by atoms with Crippen molar-refractivity contribution in [1.82, 2.24) is 20.2 Å². The van der Waals surface area contributed by atoms with E-state index in [9.17, 15) is 0 Å². The fourth-order valence-electron chi connectivity index (χ4n) is 2.68. The Morgan fingerprint density at radius 1 is 1.26 bits per heavy atom. The summed E-state index contributed by atoms with van der Waals surface area (Å²) in [5.41, 5.74) is 0.885. The summed E-state index contributed by atoms with van der Waals surface area (Å²) in [5.74, 6) is 2.94. The highest BCUT2D eigenvalue weighted by molar-refractivity contribution is 5.62. The monoisotopic (exact) mass is 258 g/mol. The van der Waals surface area contributed by atoms with Crippen LogP contribution in [0.1, 0.15) is 43.8 Å². The third-order valence-electron chi connectivity index (χ3n) is 3.74. The molecule has 2 aromatic heterocycles. The fourth-order valence-corrected chi connectivity index (χ4v) is 2.68. The lowest BCUT2D eigenvalue weighted by Gasteiger charge is -2.18. The lowest BCUT2D eigenvalue weighted by Crippen LogP contribution is -2.06. The summed E-state index contributed by atoms with van der Waals surface area (Å²) >= 11 is 0. The average Bonchev–Trinajstić information content (AvgIpc) is 2.98. The molecule has 1 N–H and O–H groups in total. The first-order chi connectivity index (χ1) is 9.38. The molecule has 0 unspecified atom stereocenters. The van der Waals surface area contributed by atoms with Gasteiger partial charge in [-0.2, -0.15) is 5.10 Å². The summed E-state index contributed by atoms with van der Waals surface area (Å²) in [6.07, 6.45) is 9.76. The zero-order chi connectivity index (χ0) is 13.1. The number of aromatic nitrogens is 4. The molecule has 2 heterocycles. The van der Waals surface area contributed by atoms with Gasteiger partial charge in [-0.1, -0.05) is 19.3 Å². The number of ether oxygens (including phenoxy) is 1. The standard InChI is InChI=1S/C14H18N4O/c1-19-12-9-15-8-7-11(12)14-16-13(17-18-14)10-5-3-2-4-6-10/h7-10H,2-6H2,1H3,(H,16,17,18). The quantitative estimate of drug-likeness (QED) is 0.919. The molecule has 19 heavy (non-hydrogen) atoms. The SMILES string of the molecule is COc1cnccc1-c1n[nH]c(C2CCCCC2)n1. The maximum absolute atomic E-state index is 5.30. The lowest BCUT2D eigenvalue weighted by atomic mass is 9.89. The first-order valence-corrected chi connectivity index (χ1v) is 6.79. The molecule has 1 aliphatic carbocycles. The van der Waals surface area contributed by atoms with Crippen molar-refractivity contribution in [3.05, 3.63) is 24.3 Å². The normalized spacial score (nSPS) is 16.5. The van der Waals surface area contributed by atoms with Gasteiger partial charge < -0.3 is 4.74 Å². The molecule has 3 rings (SSSR count). The summed E-state index contributed by atoms with van der Waals surface area (Å²) in [6.45, 7) is 0. The highest BCUT2D eigenvalue weighted by atomic mass is 16.5. The number of methoxy groups -OCH3 is 1. The Bertz CT molecular complexity index is 546. The van der Waals surface area contributed by atoms with E-state index in [4.69, 9.17) is 4.74 Å². The molecule has 1 fully saturated rings. The van der Waals surface area contributed by atoms with Gasteiger partial charge in [-0.3, -0.25) is 10.1 Å². The summed E-state index contributed by atoms with van der Waals surface area (Å²) in [4.78, 5) is 8.69. The van der Waals surface area contributed by atoms with Crippen LogP contribution in [0.3, 0.4) is 0 Å². The van der Waals surface area contributed by atoms with Gasteiger partial charge in [-0.05, 0) is 18.9 Å². The fraction of sp³-hybridized carbons (Fsp3) is 0.500. The summed E-state index contributed by atoms with van der Waals surface area (Å²) in [7, 11) is 1.63. The average molecular weight is 258 g/mol. The Labute approximate surface area is 112 Å². The predicted octanol–water partition coefficient (Wildman–Crippen LogP) is 2.92. The van der Waals surface area contributed by atoms with Crippen LogP contribution < -0.4 is 4.74 Å². The molecule has 100 valence electrons. The molecule has 5 heteroatoms. The van der Waals surface area contributed by atoms with Crippen molar-refractivity contribution in [2.24, 2.45) is 0 Å². The van der Waals surface area contributed by atoms with Crippen LogP contribution in [0.5, 0.6) is 5.75 Å². The van der Waals surface area contributed by atoms with E-state index in [1.807, 2.05) is 6.07 Å². The first kappa shape index (κ1) is 12.1. The number of rotatable bonds is 3. The third-order valence-corrected chi connectivity index (χ3v) is 3.74.